The van der Waals surface area contributed by atoms with Crippen LogP contribution in [-0.2, 0) is 14.8 Å². The standard InChI is InChI=1S/C25H25N5O4S/c1-4-13-34-22-9-5-19(6-10-22)15-20(16-26)25(31)29-21-7-11-23(12-8-21)35(32,33)30-24-14-17(2)27-18(3)28-24/h5-12,14-15H,4,13H2,1-3H3,(H,29,31)(H,27,28,30)/b20-15+. The van der Waals surface area contributed by atoms with Gasteiger partial charge in [-0.15, -0.1) is 0 Å². The average molecular weight is 492 g/mol. The van der Waals surface area contributed by atoms with E-state index < -0.39 is 15.9 Å². The van der Waals surface area contributed by atoms with E-state index in [9.17, 15) is 18.5 Å². The van der Waals surface area contributed by atoms with Gasteiger partial charge >= 0.3 is 0 Å². The van der Waals surface area contributed by atoms with E-state index in [4.69, 9.17) is 4.74 Å². The first-order chi connectivity index (χ1) is 16.7. The predicted octanol–water partition coefficient (Wildman–Crippen LogP) is 4.23. The molecule has 180 valence electrons. The summed E-state index contributed by atoms with van der Waals surface area (Å²) >= 11 is 0. The lowest BCUT2D eigenvalue weighted by atomic mass is 10.1. The van der Waals surface area contributed by atoms with E-state index in [0.29, 0.717) is 35.1 Å². The molecule has 2 aromatic carbocycles. The Hall–Kier alpha value is -4.23. The fourth-order valence-electron chi connectivity index (χ4n) is 3.08. The maximum atomic E-state index is 12.7. The summed E-state index contributed by atoms with van der Waals surface area (Å²) in [4.78, 5) is 20.8. The molecule has 3 rings (SSSR count). The van der Waals surface area contributed by atoms with Crippen molar-refractivity contribution in [3.05, 3.63) is 77.3 Å². The maximum absolute atomic E-state index is 12.7. The number of carbonyl (C=O) groups excluding carboxylic acids is 1. The van der Waals surface area contributed by atoms with Crippen molar-refractivity contribution in [1.29, 1.82) is 5.26 Å². The lowest BCUT2D eigenvalue weighted by molar-refractivity contribution is -0.112. The molecule has 0 aliphatic heterocycles. The van der Waals surface area contributed by atoms with Crippen molar-refractivity contribution in [2.24, 2.45) is 0 Å². The Kier molecular flexibility index (Phi) is 8.17. The maximum Gasteiger partial charge on any atom is 0.266 e. The Morgan fingerprint density at radius 3 is 2.37 bits per heavy atom. The molecule has 0 radical (unpaired) electrons. The molecule has 1 aromatic heterocycles. The van der Waals surface area contributed by atoms with E-state index in [-0.39, 0.29) is 16.3 Å². The Morgan fingerprint density at radius 2 is 1.77 bits per heavy atom. The summed E-state index contributed by atoms with van der Waals surface area (Å²) in [5.41, 5.74) is 1.55. The number of benzene rings is 2. The molecule has 35 heavy (non-hydrogen) atoms. The van der Waals surface area contributed by atoms with Gasteiger partial charge in [0.25, 0.3) is 15.9 Å². The number of nitriles is 1. The number of hydrogen-bond acceptors (Lipinski definition) is 7. The highest BCUT2D eigenvalue weighted by Crippen LogP contribution is 2.19. The van der Waals surface area contributed by atoms with Crippen LogP contribution in [0.2, 0.25) is 0 Å². The zero-order chi connectivity index (χ0) is 25.4. The minimum atomic E-state index is -3.89. The second kappa shape index (κ2) is 11.3. The van der Waals surface area contributed by atoms with Gasteiger partial charge in [-0.1, -0.05) is 19.1 Å². The number of amides is 1. The van der Waals surface area contributed by atoms with Gasteiger partial charge in [-0.25, -0.2) is 18.4 Å². The Morgan fingerprint density at radius 1 is 1.09 bits per heavy atom. The highest BCUT2D eigenvalue weighted by atomic mass is 32.2. The first kappa shape index (κ1) is 25.4. The smallest absolute Gasteiger partial charge is 0.266 e. The summed E-state index contributed by atoms with van der Waals surface area (Å²) in [5, 5.41) is 12.0. The monoisotopic (exact) mass is 491 g/mol. The zero-order valence-electron chi connectivity index (χ0n) is 19.6. The van der Waals surface area contributed by atoms with Gasteiger partial charge in [0.15, 0.2) is 0 Å². The number of carbonyl (C=O) groups is 1. The third-order valence-corrected chi connectivity index (χ3v) is 6.03. The lowest BCUT2D eigenvalue weighted by Gasteiger charge is -2.10. The van der Waals surface area contributed by atoms with Gasteiger partial charge in [-0.05, 0) is 68.3 Å². The molecule has 0 spiro atoms. The quantitative estimate of drug-likeness (QED) is 0.338. The van der Waals surface area contributed by atoms with Crippen molar-refractivity contribution in [3.8, 4) is 11.8 Å². The average Bonchev–Trinajstić information content (AvgIpc) is 2.81. The minimum absolute atomic E-state index is 0.00847. The number of nitrogens with one attached hydrogen (secondary N) is 2. The number of hydrogen-bond donors (Lipinski definition) is 2. The number of anilines is 2. The second-order valence-electron chi connectivity index (χ2n) is 7.61. The Labute approximate surface area is 204 Å². The molecular formula is C25H25N5O4S. The molecule has 3 aromatic rings. The van der Waals surface area contributed by atoms with Gasteiger partial charge in [0.05, 0.1) is 11.5 Å². The largest absolute Gasteiger partial charge is 0.494 e. The van der Waals surface area contributed by atoms with Crippen LogP contribution >= 0.6 is 0 Å². The number of rotatable bonds is 9. The first-order valence-corrected chi connectivity index (χ1v) is 12.3. The number of aryl methyl sites for hydroxylation is 2. The summed E-state index contributed by atoms with van der Waals surface area (Å²) in [6.45, 7) is 6.03. The molecule has 0 saturated heterocycles. The Balaban J connectivity index is 1.69. The van der Waals surface area contributed by atoms with Gasteiger partial charge < -0.3 is 10.1 Å². The van der Waals surface area contributed by atoms with Gasteiger partial charge in [0, 0.05) is 17.4 Å². The highest BCUT2D eigenvalue weighted by Gasteiger charge is 2.16. The third-order valence-electron chi connectivity index (χ3n) is 4.66. The number of nitrogens with zero attached hydrogens (tertiary/aromatic N) is 3. The van der Waals surface area contributed by atoms with Crippen LogP contribution in [-0.4, -0.2) is 30.9 Å². The summed E-state index contributed by atoms with van der Waals surface area (Å²) in [7, 11) is -3.89. The van der Waals surface area contributed by atoms with E-state index in [0.717, 1.165) is 6.42 Å². The van der Waals surface area contributed by atoms with Gasteiger partial charge in [0.1, 0.15) is 29.0 Å². The third kappa shape index (κ3) is 7.12. The van der Waals surface area contributed by atoms with Gasteiger partial charge in [0.2, 0.25) is 0 Å². The molecule has 10 heteroatoms. The summed E-state index contributed by atoms with van der Waals surface area (Å²) in [6.07, 6.45) is 2.36. The lowest BCUT2D eigenvalue weighted by Crippen LogP contribution is -2.16. The fraction of sp³-hybridized carbons (Fsp3) is 0.200. The second-order valence-corrected chi connectivity index (χ2v) is 9.30. The molecule has 0 aliphatic carbocycles. The van der Waals surface area contributed by atoms with Crippen LogP contribution in [0.25, 0.3) is 6.08 Å². The Bertz CT molecular complexity index is 1360. The molecule has 0 bridgehead atoms. The molecule has 0 aliphatic rings. The summed E-state index contributed by atoms with van der Waals surface area (Å²) in [6, 6.07) is 16.1. The van der Waals surface area contributed by atoms with E-state index in [1.807, 2.05) is 13.0 Å². The van der Waals surface area contributed by atoms with Crippen LogP contribution in [0.3, 0.4) is 0 Å². The van der Waals surface area contributed by atoms with Crippen LogP contribution in [0, 0.1) is 25.2 Å². The molecule has 2 N–H and O–H groups in total. The molecule has 1 heterocycles. The van der Waals surface area contributed by atoms with Crippen LogP contribution < -0.4 is 14.8 Å². The zero-order valence-corrected chi connectivity index (χ0v) is 20.4. The normalized spacial score (nSPS) is 11.4. The molecule has 0 saturated carbocycles. The summed E-state index contributed by atoms with van der Waals surface area (Å²) < 4.78 is 33.3. The van der Waals surface area contributed by atoms with Crippen LogP contribution in [0.5, 0.6) is 5.75 Å². The topological polar surface area (TPSA) is 134 Å². The van der Waals surface area contributed by atoms with Crippen LogP contribution in [0.4, 0.5) is 11.5 Å². The molecule has 0 atom stereocenters. The molecule has 0 fully saturated rings. The number of aromatic nitrogens is 2. The van der Waals surface area contributed by atoms with Crippen LogP contribution in [0.15, 0.2) is 65.1 Å². The molecule has 1 amide bonds. The molecule has 9 nitrogen and oxygen atoms in total. The number of ether oxygens (including phenoxy) is 1. The fourth-order valence-corrected chi connectivity index (χ4v) is 4.07. The SMILES string of the molecule is CCCOc1ccc(/C=C(\C#N)C(=O)Nc2ccc(S(=O)(=O)Nc3cc(C)nc(C)n3)cc2)cc1. The van der Waals surface area contributed by atoms with Gasteiger partial charge in [-0.3, -0.25) is 9.52 Å². The van der Waals surface area contributed by atoms with Crippen molar-refractivity contribution in [2.45, 2.75) is 32.1 Å². The van der Waals surface area contributed by atoms with Crippen molar-refractivity contribution in [3.63, 3.8) is 0 Å². The van der Waals surface area contributed by atoms with E-state index in [2.05, 4.69) is 20.0 Å². The van der Waals surface area contributed by atoms with Gasteiger partial charge in [-0.2, -0.15) is 5.26 Å². The predicted molar refractivity (Wildman–Crippen MR) is 133 cm³/mol. The molecular weight excluding hydrogens is 466 g/mol. The van der Waals surface area contributed by atoms with E-state index in [1.165, 1.54) is 36.4 Å². The molecule has 0 unspecified atom stereocenters. The van der Waals surface area contributed by atoms with Crippen LogP contribution in [0.1, 0.15) is 30.4 Å². The van der Waals surface area contributed by atoms with E-state index >= 15 is 0 Å². The van der Waals surface area contributed by atoms with Crippen molar-refractivity contribution in [1.82, 2.24) is 9.97 Å². The van der Waals surface area contributed by atoms with E-state index in [1.54, 1.807) is 38.1 Å². The van der Waals surface area contributed by atoms with Crippen molar-refractivity contribution >= 4 is 33.5 Å². The van der Waals surface area contributed by atoms with Crippen molar-refractivity contribution in [2.75, 3.05) is 16.6 Å². The first-order valence-electron chi connectivity index (χ1n) is 10.8. The minimum Gasteiger partial charge on any atom is -0.494 e. The van der Waals surface area contributed by atoms with Crippen molar-refractivity contribution < 1.29 is 17.9 Å². The highest BCUT2D eigenvalue weighted by molar-refractivity contribution is 7.92. The number of sulfonamides is 1. The summed E-state index contributed by atoms with van der Waals surface area (Å²) in [5.74, 6) is 0.713.